The van der Waals surface area contributed by atoms with Crippen LogP contribution in [0.1, 0.15) is 23.1 Å². The van der Waals surface area contributed by atoms with E-state index in [1.165, 1.54) is 6.20 Å². The molecule has 19 heavy (non-hydrogen) atoms. The van der Waals surface area contributed by atoms with Crippen molar-refractivity contribution in [1.29, 1.82) is 0 Å². The number of aromatic nitrogens is 2. The lowest BCUT2D eigenvalue weighted by molar-refractivity contribution is 0.0990. The largest absolute Gasteiger partial charge is 0.494 e. The van der Waals surface area contributed by atoms with Crippen LogP contribution in [0.15, 0.2) is 30.5 Å². The summed E-state index contributed by atoms with van der Waals surface area (Å²) in [7, 11) is 0. The lowest BCUT2D eigenvalue weighted by Crippen LogP contribution is -2.15. The molecule has 0 atom stereocenters. The Hall–Kier alpha value is -2.43. The van der Waals surface area contributed by atoms with E-state index in [1.807, 2.05) is 32.0 Å². The van der Waals surface area contributed by atoms with Gasteiger partial charge in [-0.1, -0.05) is 0 Å². The molecule has 0 unspecified atom stereocenters. The minimum Gasteiger partial charge on any atom is -0.494 e. The number of carbonyl (C=O) groups is 1. The fourth-order valence-electron chi connectivity index (χ4n) is 1.76. The van der Waals surface area contributed by atoms with Gasteiger partial charge in [0.25, 0.3) is 5.91 Å². The summed E-state index contributed by atoms with van der Waals surface area (Å²) >= 11 is 0. The van der Waals surface area contributed by atoms with E-state index in [4.69, 9.17) is 10.5 Å². The Labute approximate surface area is 111 Å². The maximum absolute atomic E-state index is 11.1. The number of benzene rings is 1. The Kier molecular flexibility index (Phi) is 3.75. The summed E-state index contributed by atoms with van der Waals surface area (Å²) in [6, 6.07) is 7.48. The van der Waals surface area contributed by atoms with Gasteiger partial charge >= 0.3 is 0 Å². The molecule has 2 aromatic rings. The fourth-order valence-corrected chi connectivity index (χ4v) is 1.76. The van der Waals surface area contributed by atoms with Crippen molar-refractivity contribution in [3.05, 3.63) is 41.9 Å². The highest BCUT2D eigenvalue weighted by molar-refractivity contribution is 5.89. The Bertz CT molecular complexity index is 611. The van der Waals surface area contributed by atoms with Crippen LogP contribution in [0.25, 0.3) is 11.3 Å². The zero-order valence-corrected chi connectivity index (χ0v) is 10.9. The van der Waals surface area contributed by atoms with Gasteiger partial charge in [0.2, 0.25) is 5.82 Å². The molecule has 0 bridgehead atoms. The maximum atomic E-state index is 11.1. The molecule has 1 aromatic carbocycles. The molecule has 0 saturated carbocycles. The van der Waals surface area contributed by atoms with Gasteiger partial charge in [-0.2, -0.15) is 0 Å². The SMILES string of the molecule is CCOc1ccc(-c2ccnc(C(N)=O)n2)cc1C. The van der Waals surface area contributed by atoms with Gasteiger partial charge in [-0.3, -0.25) is 4.79 Å². The molecule has 1 amide bonds. The summed E-state index contributed by atoms with van der Waals surface area (Å²) in [5, 5.41) is 0. The summed E-state index contributed by atoms with van der Waals surface area (Å²) in [4.78, 5) is 19.0. The van der Waals surface area contributed by atoms with E-state index in [0.29, 0.717) is 12.3 Å². The van der Waals surface area contributed by atoms with Crippen LogP contribution in [0.3, 0.4) is 0 Å². The van der Waals surface area contributed by atoms with E-state index in [1.54, 1.807) is 6.07 Å². The van der Waals surface area contributed by atoms with Crippen molar-refractivity contribution >= 4 is 5.91 Å². The van der Waals surface area contributed by atoms with Crippen LogP contribution >= 0.6 is 0 Å². The van der Waals surface area contributed by atoms with Crippen LogP contribution in [0, 0.1) is 6.92 Å². The van der Waals surface area contributed by atoms with Crippen molar-refractivity contribution in [2.75, 3.05) is 6.61 Å². The summed E-state index contributed by atoms with van der Waals surface area (Å²) in [5.74, 6) is 0.226. The number of carbonyl (C=O) groups excluding carboxylic acids is 1. The average molecular weight is 257 g/mol. The molecule has 0 aliphatic heterocycles. The van der Waals surface area contributed by atoms with E-state index in [0.717, 1.165) is 16.9 Å². The zero-order valence-electron chi connectivity index (χ0n) is 10.9. The molecule has 2 N–H and O–H groups in total. The number of aryl methyl sites for hydroxylation is 1. The molecule has 0 aliphatic rings. The molecule has 0 saturated heterocycles. The van der Waals surface area contributed by atoms with Gasteiger partial charge in [0.15, 0.2) is 0 Å². The van der Waals surface area contributed by atoms with Crippen molar-refractivity contribution in [2.24, 2.45) is 5.73 Å². The molecule has 0 radical (unpaired) electrons. The third kappa shape index (κ3) is 2.88. The quantitative estimate of drug-likeness (QED) is 0.908. The van der Waals surface area contributed by atoms with Crippen LogP contribution in [-0.2, 0) is 0 Å². The second kappa shape index (κ2) is 5.48. The van der Waals surface area contributed by atoms with Crippen molar-refractivity contribution in [3.8, 4) is 17.0 Å². The Balaban J connectivity index is 2.39. The van der Waals surface area contributed by atoms with Crippen molar-refractivity contribution in [3.63, 3.8) is 0 Å². The summed E-state index contributed by atoms with van der Waals surface area (Å²) in [6.07, 6.45) is 1.52. The second-order valence-electron chi connectivity index (χ2n) is 4.04. The number of hydrogen-bond acceptors (Lipinski definition) is 4. The van der Waals surface area contributed by atoms with E-state index >= 15 is 0 Å². The highest BCUT2D eigenvalue weighted by atomic mass is 16.5. The monoisotopic (exact) mass is 257 g/mol. The molecule has 0 aliphatic carbocycles. The lowest BCUT2D eigenvalue weighted by atomic mass is 10.1. The Morgan fingerprint density at radius 3 is 2.79 bits per heavy atom. The molecule has 0 fully saturated rings. The predicted molar refractivity (Wildman–Crippen MR) is 71.9 cm³/mol. The van der Waals surface area contributed by atoms with Crippen LogP contribution < -0.4 is 10.5 Å². The van der Waals surface area contributed by atoms with Gasteiger partial charge in [-0.15, -0.1) is 0 Å². The first-order valence-corrected chi connectivity index (χ1v) is 5.98. The van der Waals surface area contributed by atoms with Crippen molar-refractivity contribution in [1.82, 2.24) is 9.97 Å². The predicted octanol–water partition coefficient (Wildman–Crippen LogP) is 1.95. The molecular weight excluding hydrogens is 242 g/mol. The van der Waals surface area contributed by atoms with Crippen molar-refractivity contribution in [2.45, 2.75) is 13.8 Å². The molecule has 98 valence electrons. The third-order valence-electron chi connectivity index (χ3n) is 2.65. The highest BCUT2D eigenvalue weighted by Crippen LogP contribution is 2.24. The molecule has 1 heterocycles. The molecule has 2 rings (SSSR count). The summed E-state index contributed by atoms with van der Waals surface area (Å²) in [6.45, 7) is 4.53. The van der Waals surface area contributed by atoms with Crippen molar-refractivity contribution < 1.29 is 9.53 Å². The molecule has 5 heteroatoms. The smallest absolute Gasteiger partial charge is 0.286 e. The number of amides is 1. The van der Waals surface area contributed by atoms with Crippen LogP contribution in [0.5, 0.6) is 5.75 Å². The van der Waals surface area contributed by atoms with Gasteiger partial charge in [0.1, 0.15) is 5.75 Å². The minimum atomic E-state index is -0.635. The standard InChI is InChI=1S/C14H15N3O2/c1-3-19-12-5-4-10(8-9(12)2)11-6-7-16-14(17-11)13(15)18/h4-8H,3H2,1-2H3,(H2,15,18). The molecule has 1 aromatic heterocycles. The first-order chi connectivity index (χ1) is 9.11. The molecular formula is C14H15N3O2. The fraction of sp³-hybridized carbons (Fsp3) is 0.214. The van der Waals surface area contributed by atoms with Gasteiger partial charge in [-0.25, -0.2) is 9.97 Å². The Morgan fingerprint density at radius 1 is 1.37 bits per heavy atom. The molecule has 5 nitrogen and oxygen atoms in total. The van der Waals surface area contributed by atoms with Gasteiger partial charge in [-0.05, 0) is 43.7 Å². The van der Waals surface area contributed by atoms with Crippen LogP contribution in [-0.4, -0.2) is 22.5 Å². The molecule has 0 spiro atoms. The third-order valence-corrected chi connectivity index (χ3v) is 2.65. The highest BCUT2D eigenvalue weighted by Gasteiger charge is 2.08. The second-order valence-corrected chi connectivity index (χ2v) is 4.04. The minimum absolute atomic E-state index is 0.0176. The van der Waals surface area contributed by atoms with E-state index < -0.39 is 5.91 Å². The van der Waals surface area contributed by atoms with Gasteiger partial charge in [0, 0.05) is 11.8 Å². The lowest BCUT2D eigenvalue weighted by Gasteiger charge is -2.09. The number of nitrogens with two attached hydrogens (primary N) is 1. The summed E-state index contributed by atoms with van der Waals surface area (Å²) < 4.78 is 5.48. The van der Waals surface area contributed by atoms with Crippen LogP contribution in [0.4, 0.5) is 0 Å². The number of nitrogens with zero attached hydrogens (tertiary/aromatic N) is 2. The average Bonchev–Trinajstić information content (AvgIpc) is 2.41. The van der Waals surface area contributed by atoms with E-state index in [9.17, 15) is 4.79 Å². The van der Waals surface area contributed by atoms with Crippen LogP contribution in [0.2, 0.25) is 0 Å². The number of primary amides is 1. The normalized spacial score (nSPS) is 10.2. The van der Waals surface area contributed by atoms with Gasteiger partial charge in [0.05, 0.1) is 12.3 Å². The van der Waals surface area contributed by atoms with E-state index in [2.05, 4.69) is 9.97 Å². The number of ether oxygens (including phenoxy) is 1. The Morgan fingerprint density at radius 2 is 2.16 bits per heavy atom. The van der Waals surface area contributed by atoms with E-state index in [-0.39, 0.29) is 5.82 Å². The first kappa shape index (κ1) is 13.0. The first-order valence-electron chi connectivity index (χ1n) is 5.98. The number of rotatable bonds is 4. The topological polar surface area (TPSA) is 78.1 Å². The maximum Gasteiger partial charge on any atom is 0.286 e. The zero-order chi connectivity index (χ0) is 13.8. The van der Waals surface area contributed by atoms with Gasteiger partial charge < -0.3 is 10.5 Å². The summed E-state index contributed by atoms with van der Waals surface area (Å²) in [5.41, 5.74) is 7.74. The number of hydrogen-bond donors (Lipinski definition) is 1.